The maximum atomic E-state index is 13.2. The highest BCUT2D eigenvalue weighted by atomic mass is 16.2. The van der Waals surface area contributed by atoms with Gasteiger partial charge in [0.1, 0.15) is 12.4 Å². The van der Waals surface area contributed by atoms with Crippen LogP contribution in [0.5, 0.6) is 0 Å². The van der Waals surface area contributed by atoms with E-state index in [0.29, 0.717) is 24.8 Å². The van der Waals surface area contributed by atoms with Crippen molar-refractivity contribution in [2.24, 2.45) is 11.8 Å². The Labute approximate surface area is 187 Å². The third kappa shape index (κ3) is 8.00. The number of hydrogen-bond donors (Lipinski definition) is 1. The van der Waals surface area contributed by atoms with E-state index in [9.17, 15) is 9.59 Å². The first-order chi connectivity index (χ1) is 14.8. The first-order valence-corrected chi connectivity index (χ1v) is 11.8. The van der Waals surface area contributed by atoms with Crippen LogP contribution in [0.25, 0.3) is 11.0 Å². The molecule has 0 saturated heterocycles. The number of imidazole rings is 1. The first-order valence-electron chi connectivity index (χ1n) is 11.8. The van der Waals surface area contributed by atoms with Gasteiger partial charge >= 0.3 is 0 Å². The molecule has 1 aromatic carbocycles. The van der Waals surface area contributed by atoms with Crippen molar-refractivity contribution < 1.29 is 9.59 Å². The van der Waals surface area contributed by atoms with Gasteiger partial charge in [0, 0.05) is 32.5 Å². The van der Waals surface area contributed by atoms with Crippen LogP contribution in [0.2, 0.25) is 0 Å². The average Bonchev–Trinajstić information content (AvgIpc) is 3.06. The summed E-state index contributed by atoms with van der Waals surface area (Å²) in [6.45, 7) is 13.1. The molecule has 0 unspecified atom stereocenters. The summed E-state index contributed by atoms with van der Waals surface area (Å²) < 4.78 is 2.10. The van der Waals surface area contributed by atoms with Crippen LogP contribution in [0, 0.1) is 11.8 Å². The molecule has 0 fully saturated rings. The van der Waals surface area contributed by atoms with Gasteiger partial charge in [0.25, 0.3) is 0 Å². The number of carbonyl (C=O) groups excluding carboxylic acids is 2. The quantitative estimate of drug-likeness (QED) is 0.480. The second-order valence-electron chi connectivity index (χ2n) is 9.20. The maximum absolute atomic E-state index is 13.2. The van der Waals surface area contributed by atoms with Crippen molar-refractivity contribution in [3.8, 4) is 0 Å². The number of nitrogens with zero attached hydrogens (tertiary/aromatic N) is 3. The smallest absolute Gasteiger partial charge is 0.242 e. The van der Waals surface area contributed by atoms with Gasteiger partial charge in [-0.25, -0.2) is 4.98 Å². The summed E-state index contributed by atoms with van der Waals surface area (Å²) in [5.41, 5.74) is 1.97. The number of nitrogens with one attached hydrogen (secondary N) is 1. The molecular weight excluding hydrogens is 388 g/mol. The lowest BCUT2D eigenvalue weighted by Gasteiger charge is -2.27. The van der Waals surface area contributed by atoms with Gasteiger partial charge < -0.3 is 14.8 Å². The Hall–Kier alpha value is -2.37. The highest BCUT2D eigenvalue weighted by Crippen LogP contribution is 2.19. The lowest BCUT2D eigenvalue weighted by molar-refractivity contribution is -0.133. The minimum absolute atomic E-state index is 0.104. The zero-order chi connectivity index (χ0) is 22.8. The zero-order valence-electron chi connectivity index (χ0n) is 20.0. The van der Waals surface area contributed by atoms with Gasteiger partial charge in [-0.05, 0) is 36.8 Å². The fourth-order valence-corrected chi connectivity index (χ4v) is 3.83. The second kappa shape index (κ2) is 12.5. The van der Waals surface area contributed by atoms with Crippen molar-refractivity contribution in [3.63, 3.8) is 0 Å². The van der Waals surface area contributed by atoms with Crippen molar-refractivity contribution in [2.75, 3.05) is 19.6 Å². The molecule has 0 aliphatic heterocycles. The van der Waals surface area contributed by atoms with Gasteiger partial charge in [0.05, 0.1) is 11.0 Å². The summed E-state index contributed by atoms with van der Waals surface area (Å²) in [7, 11) is 0. The zero-order valence-corrected chi connectivity index (χ0v) is 20.0. The maximum Gasteiger partial charge on any atom is 0.242 e. The summed E-state index contributed by atoms with van der Waals surface area (Å²) in [4.78, 5) is 31.4. The Kier molecular flexibility index (Phi) is 10.0. The fourth-order valence-electron chi connectivity index (χ4n) is 3.83. The second-order valence-corrected chi connectivity index (χ2v) is 9.20. The van der Waals surface area contributed by atoms with Crippen LogP contribution in [0.15, 0.2) is 24.3 Å². The molecule has 0 aliphatic rings. The van der Waals surface area contributed by atoms with Crippen molar-refractivity contribution in [1.29, 1.82) is 0 Å². The molecule has 1 aromatic heterocycles. The number of fused-ring (bicyclic) bond motifs is 1. The molecule has 0 aliphatic carbocycles. The molecule has 0 bridgehead atoms. The van der Waals surface area contributed by atoms with Crippen LogP contribution in [0.3, 0.4) is 0 Å². The summed E-state index contributed by atoms with van der Waals surface area (Å²) in [5.74, 6) is 2.12. The van der Waals surface area contributed by atoms with E-state index >= 15 is 0 Å². The number of aromatic nitrogens is 2. The number of carbonyl (C=O) groups is 2. The third-order valence-corrected chi connectivity index (χ3v) is 5.27. The number of amides is 2. The van der Waals surface area contributed by atoms with E-state index in [-0.39, 0.29) is 11.8 Å². The van der Waals surface area contributed by atoms with Crippen LogP contribution in [0.4, 0.5) is 0 Å². The molecule has 172 valence electrons. The van der Waals surface area contributed by atoms with E-state index in [2.05, 4.69) is 43.6 Å². The molecule has 0 saturated carbocycles. The number of hydrogen-bond acceptors (Lipinski definition) is 3. The molecular formula is C25H40N4O2. The predicted molar refractivity (Wildman–Crippen MR) is 127 cm³/mol. The van der Waals surface area contributed by atoms with Crippen molar-refractivity contribution in [3.05, 3.63) is 30.1 Å². The van der Waals surface area contributed by atoms with Gasteiger partial charge in [-0.2, -0.15) is 0 Å². The van der Waals surface area contributed by atoms with Crippen LogP contribution in [-0.2, 0) is 22.6 Å². The van der Waals surface area contributed by atoms with Crippen molar-refractivity contribution in [1.82, 2.24) is 19.8 Å². The van der Waals surface area contributed by atoms with Gasteiger partial charge in [-0.3, -0.25) is 9.59 Å². The van der Waals surface area contributed by atoms with E-state index in [1.807, 2.05) is 30.0 Å². The molecule has 31 heavy (non-hydrogen) atoms. The van der Waals surface area contributed by atoms with E-state index in [1.54, 1.807) is 0 Å². The van der Waals surface area contributed by atoms with Crippen LogP contribution >= 0.6 is 0 Å². The SMILES string of the molecule is CCC(=O)NCCCCCc1nc2ccccc2n1CC(=O)N(CC(C)C)CC(C)C. The van der Waals surface area contributed by atoms with Crippen molar-refractivity contribution >= 4 is 22.8 Å². The molecule has 1 heterocycles. The number of rotatable bonds is 13. The van der Waals surface area contributed by atoms with Gasteiger partial charge in [0.15, 0.2) is 0 Å². The molecule has 0 spiro atoms. The Bertz CT molecular complexity index is 831. The van der Waals surface area contributed by atoms with E-state index in [0.717, 1.165) is 62.2 Å². The Morgan fingerprint density at radius 1 is 1.03 bits per heavy atom. The topological polar surface area (TPSA) is 67.2 Å². The number of aryl methyl sites for hydroxylation is 1. The average molecular weight is 429 g/mol. The minimum Gasteiger partial charge on any atom is -0.356 e. The molecule has 6 nitrogen and oxygen atoms in total. The molecule has 1 N–H and O–H groups in total. The third-order valence-electron chi connectivity index (χ3n) is 5.27. The highest BCUT2D eigenvalue weighted by Gasteiger charge is 2.19. The normalized spacial score (nSPS) is 11.5. The van der Waals surface area contributed by atoms with E-state index in [4.69, 9.17) is 4.98 Å². The van der Waals surface area contributed by atoms with Gasteiger partial charge in [0.2, 0.25) is 11.8 Å². The molecule has 0 atom stereocenters. The number of unbranched alkanes of at least 4 members (excludes halogenated alkanes) is 2. The van der Waals surface area contributed by atoms with Crippen LogP contribution in [-0.4, -0.2) is 45.9 Å². The summed E-state index contributed by atoms with van der Waals surface area (Å²) in [6, 6.07) is 8.06. The molecule has 2 aromatic rings. The van der Waals surface area contributed by atoms with Crippen LogP contribution < -0.4 is 5.32 Å². The summed E-state index contributed by atoms with van der Waals surface area (Å²) in [5, 5.41) is 2.92. The summed E-state index contributed by atoms with van der Waals surface area (Å²) >= 11 is 0. The standard InChI is InChI=1S/C25H40N4O2/c1-6-24(30)26-15-11-7-8-14-23-27-21-12-9-10-13-22(21)29(23)18-25(31)28(16-19(2)3)17-20(4)5/h9-10,12-13,19-20H,6-8,11,14-18H2,1-5H3,(H,26,30). The van der Waals surface area contributed by atoms with Gasteiger partial charge in [-0.1, -0.05) is 53.2 Å². The molecule has 2 rings (SSSR count). The Morgan fingerprint density at radius 3 is 2.35 bits per heavy atom. The fraction of sp³-hybridized carbons (Fsp3) is 0.640. The van der Waals surface area contributed by atoms with E-state index < -0.39 is 0 Å². The monoisotopic (exact) mass is 428 g/mol. The Morgan fingerprint density at radius 2 is 1.71 bits per heavy atom. The van der Waals surface area contributed by atoms with E-state index in [1.165, 1.54) is 0 Å². The summed E-state index contributed by atoms with van der Waals surface area (Å²) in [6.07, 6.45) is 4.33. The predicted octanol–water partition coefficient (Wildman–Crippen LogP) is 4.42. The largest absolute Gasteiger partial charge is 0.356 e. The molecule has 6 heteroatoms. The minimum atomic E-state index is 0.104. The lowest BCUT2D eigenvalue weighted by Crippen LogP contribution is -2.39. The number of benzene rings is 1. The number of para-hydroxylation sites is 2. The van der Waals surface area contributed by atoms with Gasteiger partial charge in [-0.15, -0.1) is 0 Å². The highest BCUT2D eigenvalue weighted by molar-refractivity contribution is 5.81. The van der Waals surface area contributed by atoms with Crippen LogP contribution in [0.1, 0.15) is 66.1 Å². The first kappa shape index (κ1) is 24.9. The lowest BCUT2D eigenvalue weighted by atomic mass is 10.1. The Balaban J connectivity index is 2.07. The van der Waals surface area contributed by atoms with Crippen molar-refractivity contribution in [2.45, 2.75) is 73.3 Å². The molecule has 0 radical (unpaired) electrons. The molecule has 2 amide bonds.